The van der Waals surface area contributed by atoms with Gasteiger partial charge in [-0.3, -0.25) is 4.79 Å². The van der Waals surface area contributed by atoms with Gasteiger partial charge in [0.25, 0.3) is 0 Å². The largest absolute Gasteiger partial charge is 0.393 e. The Morgan fingerprint density at radius 1 is 1.50 bits per heavy atom. The van der Waals surface area contributed by atoms with Crippen LogP contribution in [0.4, 0.5) is 0 Å². The van der Waals surface area contributed by atoms with Gasteiger partial charge in [0, 0.05) is 6.42 Å². The minimum absolute atomic E-state index is 0.0480. The lowest BCUT2D eigenvalue weighted by atomic mass is 10.1. The highest BCUT2D eigenvalue weighted by Gasteiger charge is 2.09. The molecule has 0 spiro atoms. The number of rotatable bonds is 4. The normalized spacial score (nSPS) is 16.4. The predicted octanol–water partition coefficient (Wildman–Crippen LogP) is 0.0973. The Bertz CT molecular complexity index is 109. The molecule has 60 valence electrons. The van der Waals surface area contributed by atoms with Crippen LogP contribution in [0.15, 0.2) is 0 Å². The summed E-state index contributed by atoms with van der Waals surface area (Å²) in [6.07, 6.45) is -0.795. The van der Waals surface area contributed by atoms with Crippen LogP contribution in [0.5, 0.6) is 0 Å². The molecule has 0 rings (SSSR count). The van der Waals surface area contributed by atoms with Gasteiger partial charge in [-0.25, -0.2) is 0 Å². The molecule has 0 saturated carbocycles. The Hall–Kier alpha value is -0.410. The number of aliphatic hydroxyl groups is 2. The first kappa shape index (κ1) is 9.59. The summed E-state index contributed by atoms with van der Waals surface area (Å²) >= 11 is 0. The van der Waals surface area contributed by atoms with Gasteiger partial charge in [-0.1, -0.05) is 0 Å². The van der Waals surface area contributed by atoms with Crippen LogP contribution in [0.2, 0.25) is 0 Å². The highest BCUT2D eigenvalue weighted by molar-refractivity contribution is 5.75. The predicted molar refractivity (Wildman–Crippen MR) is 37.6 cm³/mol. The Balaban J connectivity index is 3.43. The molecule has 2 atom stereocenters. The molecule has 10 heavy (non-hydrogen) atoms. The number of Topliss-reactive ketones (excluding diaryl/α,β-unsaturated/α-hetero) is 1. The number of carbonyl (C=O) groups is 1. The van der Waals surface area contributed by atoms with Crippen molar-refractivity contribution in [3.8, 4) is 0 Å². The second kappa shape index (κ2) is 4.41. The van der Waals surface area contributed by atoms with Crippen LogP contribution in [0.1, 0.15) is 26.7 Å². The fourth-order valence-corrected chi connectivity index (χ4v) is 0.809. The summed E-state index contributed by atoms with van der Waals surface area (Å²) < 4.78 is 0. The molecular weight excluding hydrogens is 132 g/mol. The summed E-state index contributed by atoms with van der Waals surface area (Å²) in [5, 5.41) is 17.8. The number of aliphatic hydroxyl groups excluding tert-OH is 2. The first-order valence-electron chi connectivity index (χ1n) is 3.38. The third kappa shape index (κ3) is 5.72. The van der Waals surface area contributed by atoms with Gasteiger partial charge in [0.1, 0.15) is 5.78 Å². The number of hydrogen-bond acceptors (Lipinski definition) is 3. The monoisotopic (exact) mass is 146 g/mol. The maximum atomic E-state index is 10.4. The van der Waals surface area contributed by atoms with Crippen LogP contribution >= 0.6 is 0 Å². The van der Waals surface area contributed by atoms with E-state index in [2.05, 4.69) is 0 Å². The summed E-state index contributed by atoms with van der Waals surface area (Å²) in [5.41, 5.74) is 0. The minimum Gasteiger partial charge on any atom is -0.393 e. The zero-order valence-corrected chi connectivity index (χ0v) is 6.37. The molecular formula is C7H14O3. The van der Waals surface area contributed by atoms with Crippen LogP contribution in [0, 0.1) is 0 Å². The Labute approximate surface area is 60.7 Å². The van der Waals surface area contributed by atoms with Crippen molar-refractivity contribution in [3.63, 3.8) is 0 Å². The molecule has 0 aromatic carbocycles. The van der Waals surface area contributed by atoms with Crippen LogP contribution < -0.4 is 0 Å². The van der Waals surface area contributed by atoms with Crippen molar-refractivity contribution in [3.05, 3.63) is 0 Å². The maximum Gasteiger partial charge on any atom is 0.132 e. The third-order valence-electron chi connectivity index (χ3n) is 1.14. The molecule has 0 heterocycles. The highest BCUT2D eigenvalue weighted by Crippen LogP contribution is 2.01. The van der Waals surface area contributed by atoms with Gasteiger partial charge in [-0.2, -0.15) is 0 Å². The Kier molecular flexibility index (Phi) is 4.23. The number of hydrogen-bond donors (Lipinski definition) is 2. The van der Waals surface area contributed by atoms with Crippen LogP contribution in [0.25, 0.3) is 0 Å². The topological polar surface area (TPSA) is 57.5 Å². The van der Waals surface area contributed by atoms with Gasteiger partial charge in [0.2, 0.25) is 0 Å². The van der Waals surface area contributed by atoms with E-state index in [-0.39, 0.29) is 18.6 Å². The quantitative estimate of drug-likeness (QED) is 0.591. The second-order valence-corrected chi connectivity index (χ2v) is 2.64. The standard InChI is InChI=1S/C7H14O3/c1-5(8)3-7(10)4-6(2)9/h5,7-8,10H,3-4H2,1-2H3/t5-,7+/m1/s1. The molecule has 0 bridgehead atoms. The van der Waals surface area contributed by atoms with E-state index in [1.807, 2.05) is 0 Å². The van der Waals surface area contributed by atoms with E-state index in [9.17, 15) is 4.79 Å². The second-order valence-electron chi connectivity index (χ2n) is 2.64. The van der Waals surface area contributed by atoms with Crippen molar-refractivity contribution in [2.75, 3.05) is 0 Å². The van der Waals surface area contributed by atoms with Gasteiger partial charge >= 0.3 is 0 Å². The van der Waals surface area contributed by atoms with Crippen molar-refractivity contribution < 1.29 is 15.0 Å². The smallest absolute Gasteiger partial charge is 0.132 e. The average molecular weight is 146 g/mol. The zero-order chi connectivity index (χ0) is 8.15. The van der Waals surface area contributed by atoms with Crippen molar-refractivity contribution in [1.82, 2.24) is 0 Å². The lowest BCUT2D eigenvalue weighted by Gasteiger charge is -2.09. The number of carbonyl (C=O) groups excluding carboxylic acids is 1. The van der Waals surface area contributed by atoms with E-state index in [0.717, 1.165) is 0 Å². The molecule has 0 aliphatic heterocycles. The molecule has 3 nitrogen and oxygen atoms in total. The van der Waals surface area contributed by atoms with Crippen molar-refractivity contribution in [2.24, 2.45) is 0 Å². The first-order chi connectivity index (χ1) is 4.52. The Morgan fingerprint density at radius 3 is 2.30 bits per heavy atom. The van der Waals surface area contributed by atoms with Crippen LogP contribution in [-0.2, 0) is 4.79 Å². The van der Waals surface area contributed by atoms with Crippen LogP contribution in [0.3, 0.4) is 0 Å². The summed E-state index contributed by atoms with van der Waals surface area (Å²) in [6.45, 7) is 3.01. The van der Waals surface area contributed by atoms with Gasteiger partial charge < -0.3 is 10.2 Å². The number of ketones is 1. The molecule has 0 unspecified atom stereocenters. The third-order valence-corrected chi connectivity index (χ3v) is 1.14. The van der Waals surface area contributed by atoms with Gasteiger partial charge in [-0.15, -0.1) is 0 Å². The SMILES string of the molecule is CC(=O)C[C@@H](O)C[C@@H](C)O. The molecule has 2 N–H and O–H groups in total. The molecule has 0 amide bonds. The lowest BCUT2D eigenvalue weighted by molar-refractivity contribution is -0.119. The molecule has 0 aliphatic carbocycles. The van der Waals surface area contributed by atoms with E-state index >= 15 is 0 Å². The lowest BCUT2D eigenvalue weighted by Crippen LogP contribution is -2.17. The average Bonchev–Trinajstić information content (AvgIpc) is 1.58. The van der Waals surface area contributed by atoms with Crippen molar-refractivity contribution in [1.29, 1.82) is 0 Å². The highest BCUT2D eigenvalue weighted by atomic mass is 16.3. The molecule has 0 saturated heterocycles. The summed E-state index contributed by atoms with van der Waals surface area (Å²) in [4.78, 5) is 10.4. The van der Waals surface area contributed by atoms with E-state index in [1.54, 1.807) is 6.92 Å². The molecule has 3 heteroatoms. The molecule has 0 aromatic heterocycles. The minimum atomic E-state index is -0.683. The first-order valence-corrected chi connectivity index (χ1v) is 3.38. The zero-order valence-electron chi connectivity index (χ0n) is 6.37. The van der Waals surface area contributed by atoms with E-state index in [1.165, 1.54) is 6.92 Å². The fourth-order valence-electron chi connectivity index (χ4n) is 0.809. The summed E-state index contributed by atoms with van der Waals surface area (Å²) in [6, 6.07) is 0. The summed E-state index contributed by atoms with van der Waals surface area (Å²) in [5.74, 6) is -0.0480. The molecule has 0 aromatic rings. The van der Waals surface area contributed by atoms with Gasteiger partial charge in [0.15, 0.2) is 0 Å². The van der Waals surface area contributed by atoms with E-state index < -0.39 is 12.2 Å². The molecule has 0 fully saturated rings. The fraction of sp³-hybridized carbons (Fsp3) is 0.857. The van der Waals surface area contributed by atoms with Crippen LogP contribution in [-0.4, -0.2) is 28.2 Å². The van der Waals surface area contributed by atoms with Gasteiger partial charge in [0.05, 0.1) is 12.2 Å². The summed E-state index contributed by atoms with van der Waals surface area (Å²) in [7, 11) is 0. The van der Waals surface area contributed by atoms with Crippen molar-refractivity contribution in [2.45, 2.75) is 38.9 Å². The van der Waals surface area contributed by atoms with E-state index in [4.69, 9.17) is 10.2 Å². The van der Waals surface area contributed by atoms with E-state index in [0.29, 0.717) is 0 Å². The Morgan fingerprint density at radius 2 is 2.00 bits per heavy atom. The molecule has 0 radical (unpaired) electrons. The molecule has 0 aliphatic rings. The maximum absolute atomic E-state index is 10.4. The van der Waals surface area contributed by atoms with Crippen molar-refractivity contribution >= 4 is 5.78 Å². The van der Waals surface area contributed by atoms with Gasteiger partial charge in [-0.05, 0) is 20.3 Å².